The summed E-state index contributed by atoms with van der Waals surface area (Å²) in [6, 6.07) is 0. The summed E-state index contributed by atoms with van der Waals surface area (Å²) in [6.07, 6.45) is 11.1. The van der Waals surface area contributed by atoms with Crippen LogP contribution in [0.5, 0.6) is 0 Å². The van der Waals surface area contributed by atoms with E-state index in [0.29, 0.717) is 6.10 Å². The van der Waals surface area contributed by atoms with Gasteiger partial charge in [0.25, 0.3) is 0 Å². The van der Waals surface area contributed by atoms with Gasteiger partial charge in [-0.05, 0) is 48.3 Å². The highest BCUT2D eigenvalue weighted by Crippen LogP contribution is 2.42. The van der Waals surface area contributed by atoms with Crippen molar-refractivity contribution in [3.8, 4) is 0 Å². The lowest BCUT2D eigenvalue weighted by atomic mass is 9.83. The Bertz CT molecular complexity index is 409. The Morgan fingerprint density at radius 3 is 2.83 bits per heavy atom. The second-order valence-corrected chi connectivity index (χ2v) is 6.94. The summed E-state index contributed by atoms with van der Waals surface area (Å²) in [5, 5.41) is 5.14. The van der Waals surface area contributed by atoms with Crippen molar-refractivity contribution in [1.29, 1.82) is 0 Å². The average Bonchev–Trinajstić information content (AvgIpc) is 2.86. The standard InChI is InChI=1S/C13H18ClIN2O/c14-11-9-17(16-12(11)15)8-10-4-7-13(18-10)5-2-1-3-6-13/h9-10H,1-8H2. The molecule has 3 nitrogen and oxygen atoms in total. The molecule has 1 unspecified atom stereocenters. The van der Waals surface area contributed by atoms with Gasteiger partial charge in [-0.25, -0.2) is 0 Å². The SMILES string of the molecule is Clc1cn(CC2CCC3(CCCCC3)O2)nc1I. The maximum absolute atomic E-state index is 6.34. The molecule has 2 fully saturated rings. The summed E-state index contributed by atoms with van der Waals surface area (Å²) in [6.45, 7) is 0.838. The van der Waals surface area contributed by atoms with E-state index in [1.54, 1.807) is 0 Å². The van der Waals surface area contributed by atoms with Gasteiger partial charge in [-0.2, -0.15) is 5.10 Å². The Kier molecular flexibility index (Phi) is 3.87. The maximum Gasteiger partial charge on any atom is 0.141 e. The summed E-state index contributed by atoms with van der Waals surface area (Å²) in [5.74, 6) is 0. The first-order chi connectivity index (χ1) is 8.67. The van der Waals surface area contributed by atoms with E-state index in [1.165, 1.54) is 38.5 Å². The van der Waals surface area contributed by atoms with Gasteiger partial charge >= 0.3 is 0 Å². The van der Waals surface area contributed by atoms with Crippen LogP contribution in [-0.2, 0) is 11.3 Å². The van der Waals surface area contributed by atoms with Crippen molar-refractivity contribution in [2.75, 3.05) is 0 Å². The molecular weight excluding hydrogens is 363 g/mol. The van der Waals surface area contributed by atoms with Crippen LogP contribution in [0.2, 0.25) is 5.02 Å². The third kappa shape index (κ3) is 2.70. The van der Waals surface area contributed by atoms with Crippen molar-refractivity contribution < 1.29 is 4.74 Å². The Morgan fingerprint density at radius 2 is 2.17 bits per heavy atom. The molecular formula is C13H18ClIN2O. The normalized spacial score (nSPS) is 26.9. The smallest absolute Gasteiger partial charge is 0.141 e. The molecule has 1 atom stereocenters. The molecule has 0 amide bonds. The average molecular weight is 381 g/mol. The van der Waals surface area contributed by atoms with Crippen LogP contribution in [0.4, 0.5) is 0 Å². The fourth-order valence-electron chi connectivity index (χ4n) is 3.26. The molecule has 3 rings (SSSR count). The van der Waals surface area contributed by atoms with Gasteiger partial charge in [0.05, 0.1) is 23.3 Å². The highest BCUT2D eigenvalue weighted by Gasteiger charge is 2.40. The van der Waals surface area contributed by atoms with E-state index in [2.05, 4.69) is 27.7 Å². The third-order valence-corrected chi connectivity index (χ3v) is 5.56. The van der Waals surface area contributed by atoms with Crippen LogP contribution < -0.4 is 0 Å². The molecule has 1 aliphatic heterocycles. The van der Waals surface area contributed by atoms with Crippen molar-refractivity contribution >= 4 is 34.2 Å². The first kappa shape index (κ1) is 13.2. The van der Waals surface area contributed by atoms with Crippen molar-refractivity contribution in [2.24, 2.45) is 0 Å². The summed E-state index contributed by atoms with van der Waals surface area (Å²) < 4.78 is 9.14. The maximum atomic E-state index is 6.34. The van der Waals surface area contributed by atoms with E-state index in [-0.39, 0.29) is 5.60 Å². The highest BCUT2D eigenvalue weighted by molar-refractivity contribution is 14.1. The first-order valence-electron chi connectivity index (χ1n) is 6.73. The van der Waals surface area contributed by atoms with Gasteiger partial charge in [-0.1, -0.05) is 30.9 Å². The number of rotatable bonds is 2. The van der Waals surface area contributed by atoms with Crippen LogP contribution in [0, 0.1) is 3.70 Å². The molecule has 5 heteroatoms. The summed E-state index contributed by atoms with van der Waals surface area (Å²) in [7, 11) is 0. The molecule has 1 spiro atoms. The number of aromatic nitrogens is 2. The van der Waals surface area contributed by atoms with E-state index in [9.17, 15) is 0 Å². The van der Waals surface area contributed by atoms with Crippen LogP contribution in [0.3, 0.4) is 0 Å². The molecule has 1 aromatic rings. The predicted octanol–water partition coefficient (Wildman–Crippen LogP) is 4.02. The Balaban J connectivity index is 1.62. The molecule has 0 bridgehead atoms. The number of hydrogen-bond donors (Lipinski definition) is 0. The van der Waals surface area contributed by atoms with Crippen molar-refractivity contribution in [3.05, 3.63) is 14.9 Å². The van der Waals surface area contributed by atoms with Gasteiger partial charge in [0.1, 0.15) is 3.70 Å². The number of halogens is 2. The molecule has 1 aliphatic carbocycles. The zero-order valence-electron chi connectivity index (χ0n) is 10.4. The molecule has 1 saturated heterocycles. The molecule has 1 saturated carbocycles. The van der Waals surface area contributed by atoms with E-state index in [4.69, 9.17) is 16.3 Å². The van der Waals surface area contributed by atoms with Gasteiger partial charge in [0.2, 0.25) is 0 Å². The molecule has 0 radical (unpaired) electrons. The molecule has 2 heterocycles. The van der Waals surface area contributed by atoms with Gasteiger partial charge in [0, 0.05) is 6.20 Å². The molecule has 1 aromatic heterocycles. The number of ether oxygens (including phenoxy) is 1. The van der Waals surface area contributed by atoms with E-state index in [1.807, 2.05) is 10.9 Å². The largest absolute Gasteiger partial charge is 0.370 e. The van der Waals surface area contributed by atoms with E-state index in [0.717, 1.165) is 21.7 Å². The fourth-order valence-corrected chi connectivity index (χ4v) is 3.83. The highest BCUT2D eigenvalue weighted by atomic mass is 127. The minimum atomic E-state index is 0.201. The van der Waals surface area contributed by atoms with Gasteiger partial charge in [-0.3, -0.25) is 4.68 Å². The van der Waals surface area contributed by atoms with Gasteiger partial charge in [0.15, 0.2) is 0 Å². The summed E-state index contributed by atoms with van der Waals surface area (Å²) in [5.41, 5.74) is 0.201. The molecule has 100 valence electrons. The second kappa shape index (κ2) is 5.29. The van der Waals surface area contributed by atoms with Crippen molar-refractivity contribution in [3.63, 3.8) is 0 Å². The van der Waals surface area contributed by atoms with Crippen molar-refractivity contribution in [2.45, 2.75) is 63.2 Å². The van der Waals surface area contributed by atoms with Crippen LogP contribution in [0.25, 0.3) is 0 Å². The van der Waals surface area contributed by atoms with Crippen LogP contribution in [0.15, 0.2) is 6.20 Å². The van der Waals surface area contributed by atoms with Gasteiger partial charge < -0.3 is 4.74 Å². The Hall–Kier alpha value is 0.190. The van der Waals surface area contributed by atoms with E-state index >= 15 is 0 Å². The van der Waals surface area contributed by atoms with Crippen LogP contribution in [-0.4, -0.2) is 21.5 Å². The monoisotopic (exact) mass is 380 g/mol. The molecule has 0 N–H and O–H groups in total. The van der Waals surface area contributed by atoms with Crippen molar-refractivity contribution in [1.82, 2.24) is 9.78 Å². The lowest BCUT2D eigenvalue weighted by Crippen LogP contribution is -2.32. The Morgan fingerprint density at radius 1 is 1.39 bits per heavy atom. The topological polar surface area (TPSA) is 27.1 Å². The predicted molar refractivity (Wildman–Crippen MR) is 79.9 cm³/mol. The minimum Gasteiger partial charge on any atom is -0.370 e. The second-order valence-electron chi connectivity index (χ2n) is 5.51. The quantitative estimate of drug-likeness (QED) is 0.725. The van der Waals surface area contributed by atoms with Crippen LogP contribution >= 0.6 is 34.2 Å². The van der Waals surface area contributed by atoms with Gasteiger partial charge in [-0.15, -0.1) is 0 Å². The molecule has 18 heavy (non-hydrogen) atoms. The summed E-state index contributed by atoms with van der Waals surface area (Å²) in [4.78, 5) is 0. The minimum absolute atomic E-state index is 0.201. The van der Waals surface area contributed by atoms with Crippen LogP contribution in [0.1, 0.15) is 44.9 Å². The molecule has 2 aliphatic rings. The third-order valence-electron chi connectivity index (χ3n) is 4.17. The Labute approximate surface area is 126 Å². The zero-order valence-corrected chi connectivity index (χ0v) is 13.3. The number of hydrogen-bond acceptors (Lipinski definition) is 2. The lowest BCUT2D eigenvalue weighted by molar-refractivity contribution is -0.0688. The first-order valence-corrected chi connectivity index (χ1v) is 8.19. The zero-order chi connectivity index (χ0) is 12.6. The number of nitrogens with zero attached hydrogens (tertiary/aromatic N) is 2. The lowest BCUT2D eigenvalue weighted by Gasteiger charge is -2.33. The fraction of sp³-hybridized carbons (Fsp3) is 0.769. The van der Waals surface area contributed by atoms with E-state index < -0.39 is 0 Å². The summed E-state index contributed by atoms with van der Waals surface area (Å²) >= 11 is 8.19. The molecule has 0 aromatic carbocycles.